The highest BCUT2D eigenvalue weighted by Gasteiger charge is 2.12. The maximum absolute atomic E-state index is 5.52. The van der Waals surface area contributed by atoms with Crippen LogP contribution in [0.3, 0.4) is 0 Å². The first-order valence-corrected chi connectivity index (χ1v) is 5.74. The van der Waals surface area contributed by atoms with Crippen molar-refractivity contribution in [2.75, 3.05) is 19.2 Å². The Morgan fingerprint density at radius 1 is 1.25 bits per heavy atom. The Labute approximate surface area is 100 Å². The van der Waals surface area contributed by atoms with Crippen molar-refractivity contribution in [2.24, 2.45) is 0 Å². The molecule has 1 aliphatic heterocycles. The van der Waals surface area contributed by atoms with Crippen molar-refractivity contribution in [3.8, 4) is 11.5 Å². The Hall–Kier alpha value is -1.19. The standard InChI is InChI=1S/C12H14ClNO2/c13-5-1-2-6-14-8-10-3-4-11-12(7-10)16-9-15-11/h1-4,7,14H,5-6,8-9H2/b2-1+. The number of nitrogens with one attached hydrogen (secondary N) is 1. The van der Waals surface area contributed by atoms with E-state index in [0.717, 1.165) is 24.6 Å². The van der Waals surface area contributed by atoms with E-state index >= 15 is 0 Å². The predicted octanol–water partition coefficient (Wildman–Crippen LogP) is 2.30. The van der Waals surface area contributed by atoms with Crippen LogP contribution >= 0.6 is 11.6 Å². The summed E-state index contributed by atoms with van der Waals surface area (Å²) >= 11 is 5.52. The molecule has 0 bridgehead atoms. The van der Waals surface area contributed by atoms with Gasteiger partial charge in [-0.15, -0.1) is 11.6 Å². The lowest BCUT2D eigenvalue weighted by Crippen LogP contribution is -2.12. The SMILES string of the molecule is ClC/C=C/CNCc1ccc2c(c1)OCO2. The topological polar surface area (TPSA) is 30.5 Å². The quantitative estimate of drug-likeness (QED) is 0.486. The summed E-state index contributed by atoms with van der Waals surface area (Å²) in [4.78, 5) is 0. The van der Waals surface area contributed by atoms with Gasteiger partial charge in [-0.05, 0) is 17.7 Å². The average Bonchev–Trinajstić information content (AvgIpc) is 2.76. The van der Waals surface area contributed by atoms with Crippen LogP contribution in [0.2, 0.25) is 0 Å². The zero-order chi connectivity index (χ0) is 11.2. The molecular weight excluding hydrogens is 226 g/mol. The molecule has 0 atom stereocenters. The van der Waals surface area contributed by atoms with Crippen LogP contribution in [0.25, 0.3) is 0 Å². The molecular formula is C12H14ClNO2. The molecule has 1 heterocycles. The first kappa shape index (κ1) is 11.3. The second-order valence-electron chi connectivity index (χ2n) is 3.44. The van der Waals surface area contributed by atoms with Crippen LogP contribution in [0, 0.1) is 0 Å². The van der Waals surface area contributed by atoms with Gasteiger partial charge in [-0.3, -0.25) is 0 Å². The van der Waals surface area contributed by atoms with Gasteiger partial charge in [-0.2, -0.15) is 0 Å². The molecule has 0 aromatic heterocycles. The van der Waals surface area contributed by atoms with Crippen molar-refractivity contribution >= 4 is 11.6 Å². The summed E-state index contributed by atoms with van der Waals surface area (Å²) in [7, 11) is 0. The fourth-order valence-electron chi connectivity index (χ4n) is 1.50. The van der Waals surface area contributed by atoms with Crippen LogP contribution in [0.4, 0.5) is 0 Å². The van der Waals surface area contributed by atoms with Gasteiger partial charge in [-0.1, -0.05) is 18.2 Å². The highest BCUT2D eigenvalue weighted by molar-refractivity contribution is 6.18. The second-order valence-corrected chi connectivity index (χ2v) is 3.75. The monoisotopic (exact) mass is 239 g/mol. The Bertz CT molecular complexity index is 379. The lowest BCUT2D eigenvalue weighted by molar-refractivity contribution is 0.174. The lowest BCUT2D eigenvalue weighted by Gasteiger charge is -2.03. The van der Waals surface area contributed by atoms with Crippen LogP contribution in [0.5, 0.6) is 11.5 Å². The first-order chi connectivity index (χ1) is 7.90. The molecule has 4 heteroatoms. The Morgan fingerprint density at radius 2 is 2.12 bits per heavy atom. The van der Waals surface area contributed by atoms with E-state index in [9.17, 15) is 0 Å². The third kappa shape index (κ3) is 2.90. The fourth-order valence-corrected chi connectivity index (χ4v) is 1.62. The van der Waals surface area contributed by atoms with E-state index in [1.165, 1.54) is 5.56 Å². The first-order valence-electron chi connectivity index (χ1n) is 5.20. The third-order valence-electron chi connectivity index (χ3n) is 2.28. The predicted molar refractivity (Wildman–Crippen MR) is 64.1 cm³/mol. The van der Waals surface area contributed by atoms with Crippen molar-refractivity contribution in [3.05, 3.63) is 35.9 Å². The summed E-state index contributed by atoms with van der Waals surface area (Å²) in [6, 6.07) is 5.97. The number of hydrogen-bond acceptors (Lipinski definition) is 3. The van der Waals surface area contributed by atoms with Crippen LogP contribution in [0.15, 0.2) is 30.4 Å². The normalized spacial score (nSPS) is 13.6. The molecule has 0 saturated heterocycles. The highest BCUT2D eigenvalue weighted by Crippen LogP contribution is 2.32. The second kappa shape index (κ2) is 5.77. The highest BCUT2D eigenvalue weighted by atomic mass is 35.5. The number of hydrogen-bond donors (Lipinski definition) is 1. The van der Waals surface area contributed by atoms with Gasteiger partial charge in [0.25, 0.3) is 0 Å². The average molecular weight is 240 g/mol. The van der Waals surface area contributed by atoms with Crippen molar-refractivity contribution in [1.29, 1.82) is 0 Å². The molecule has 1 N–H and O–H groups in total. The van der Waals surface area contributed by atoms with Gasteiger partial charge in [0, 0.05) is 19.0 Å². The van der Waals surface area contributed by atoms with E-state index in [2.05, 4.69) is 5.32 Å². The zero-order valence-corrected chi connectivity index (χ0v) is 9.67. The van der Waals surface area contributed by atoms with Crippen molar-refractivity contribution in [2.45, 2.75) is 6.54 Å². The smallest absolute Gasteiger partial charge is 0.231 e. The summed E-state index contributed by atoms with van der Waals surface area (Å²) in [5.41, 5.74) is 1.18. The summed E-state index contributed by atoms with van der Waals surface area (Å²) in [6.07, 6.45) is 3.94. The third-order valence-corrected chi connectivity index (χ3v) is 2.46. The van der Waals surface area contributed by atoms with Crippen LogP contribution < -0.4 is 14.8 Å². The Kier molecular flexibility index (Phi) is 4.08. The maximum atomic E-state index is 5.52. The van der Waals surface area contributed by atoms with Crippen molar-refractivity contribution in [3.63, 3.8) is 0 Å². The molecule has 1 aromatic rings. The fraction of sp³-hybridized carbons (Fsp3) is 0.333. The Balaban J connectivity index is 1.83. The summed E-state index contributed by atoms with van der Waals surface area (Å²) in [6.45, 7) is 1.95. The number of ether oxygens (including phenoxy) is 2. The summed E-state index contributed by atoms with van der Waals surface area (Å²) in [5, 5.41) is 3.29. The molecule has 86 valence electrons. The van der Waals surface area contributed by atoms with Gasteiger partial charge < -0.3 is 14.8 Å². The number of fused-ring (bicyclic) bond motifs is 1. The number of allylic oxidation sites excluding steroid dienone is 1. The van der Waals surface area contributed by atoms with Gasteiger partial charge in [-0.25, -0.2) is 0 Å². The van der Waals surface area contributed by atoms with Gasteiger partial charge in [0.1, 0.15) is 0 Å². The molecule has 2 rings (SSSR count). The van der Waals surface area contributed by atoms with Gasteiger partial charge in [0.15, 0.2) is 11.5 Å². The molecule has 0 unspecified atom stereocenters. The zero-order valence-electron chi connectivity index (χ0n) is 8.91. The van der Waals surface area contributed by atoms with E-state index in [1.54, 1.807) is 0 Å². The molecule has 0 fully saturated rings. The van der Waals surface area contributed by atoms with E-state index < -0.39 is 0 Å². The molecule has 0 saturated carbocycles. The Morgan fingerprint density at radius 3 is 3.00 bits per heavy atom. The van der Waals surface area contributed by atoms with Crippen LogP contribution in [-0.4, -0.2) is 19.2 Å². The van der Waals surface area contributed by atoms with Gasteiger partial charge in [0.05, 0.1) is 0 Å². The number of benzene rings is 1. The largest absolute Gasteiger partial charge is 0.454 e. The molecule has 16 heavy (non-hydrogen) atoms. The van der Waals surface area contributed by atoms with Crippen LogP contribution in [0.1, 0.15) is 5.56 Å². The molecule has 0 radical (unpaired) electrons. The molecule has 0 aliphatic carbocycles. The molecule has 1 aliphatic rings. The summed E-state index contributed by atoms with van der Waals surface area (Å²) in [5.74, 6) is 2.22. The maximum Gasteiger partial charge on any atom is 0.231 e. The van der Waals surface area contributed by atoms with E-state index in [4.69, 9.17) is 21.1 Å². The van der Waals surface area contributed by atoms with E-state index in [-0.39, 0.29) is 0 Å². The molecule has 1 aromatic carbocycles. The molecule has 3 nitrogen and oxygen atoms in total. The minimum Gasteiger partial charge on any atom is -0.454 e. The number of rotatable bonds is 5. The number of alkyl halides is 1. The van der Waals surface area contributed by atoms with E-state index in [1.807, 2.05) is 30.4 Å². The minimum atomic E-state index is 0.324. The van der Waals surface area contributed by atoms with Crippen molar-refractivity contribution in [1.82, 2.24) is 5.32 Å². The minimum absolute atomic E-state index is 0.324. The van der Waals surface area contributed by atoms with Gasteiger partial charge >= 0.3 is 0 Å². The van der Waals surface area contributed by atoms with E-state index in [0.29, 0.717) is 12.7 Å². The van der Waals surface area contributed by atoms with Crippen LogP contribution in [-0.2, 0) is 6.54 Å². The summed E-state index contributed by atoms with van der Waals surface area (Å²) < 4.78 is 10.5. The number of halogens is 1. The molecule has 0 spiro atoms. The lowest BCUT2D eigenvalue weighted by atomic mass is 10.2. The van der Waals surface area contributed by atoms with Crippen molar-refractivity contribution < 1.29 is 9.47 Å². The van der Waals surface area contributed by atoms with Gasteiger partial charge in [0.2, 0.25) is 6.79 Å². The molecule has 0 amide bonds.